The van der Waals surface area contributed by atoms with Crippen molar-refractivity contribution >= 4 is 5.91 Å². The molecule has 0 saturated heterocycles. The fourth-order valence-electron chi connectivity index (χ4n) is 0.538. The zero-order chi connectivity index (χ0) is 6.85. The molecule has 0 bridgehead atoms. The van der Waals surface area contributed by atoms with Crippen molar-refractivity contribution in [3.8, 4) is 0 Å². The molecule has 0 saturated carbocycles. The summed E-state index contributed by atoms with van der Waals surface area (Å²) in [5, 5.41) is 0. The number of aromatic amines is 1. The standard InChI is InChI=1S/C5H7N3O/c1-3-2-7-5(8-3)4(6)9/h2H,1H3,(H2,6,9)(H,7,8). The molecule has 48 valence electrons. The average molecular weight is 125 g/mol. The number of carbonyl (C=O) groups excluding carboxylic acids is 1. The Balaban J connectivity index is 2.98. The molecular weight excluding hydrogens is 118 g/mol. The minimum Gasteiger partial charge on any atom is -0.363 e. The topological polar surface area (TPSA) is 71.8 Å². The molecule has 0 aliphatic rings. The lowest BCUT2D eigenvalue weighted by Crippen LogP contribution is -2.12. The molecule has 0 unspecified atom stereocenters. The maximum Gasteiger partial charge on any atom is 0.284 e. The number of nitrogens with one attached hydrogen (secondary N) is 1. The van der Waals surface area contributed by atoms with E-state index in [1.165, 1.54) is 0 Å². The van der Waals surface area contributed by atoms with E-state index in [0.29, 0.717) is 0 Å². The lowest BCUT2D eigenvalue weighted by Gasteiger charge is -1.82. The summed E-state index contributed by atoms with van der Waals surface area (Å²) in [4.78, 5) is 16.7. The SMILES string of the molecule is Cc1cnc(C(N)=O)[nH]1. The predicted octanol–water partition coefficient (Wildman–Crippen LogP) is -0.183. The van der Waals surface area contributed by atoms with Gasteiger partial charge in [-0.15, -0.1) is 0 Å². The molecular formula is C5H7N3O. The summed E-state index contributed by atoms with van der Waals surface area (Å²) in [6, 6.07) is 0. The second-order valence-electron chi connectivity index (χ2n) is 1.78. The van der Waals surface area contributed by atoms with Crippen molar-refractivity contribution in [2.24, 2.45) is 5.73 Å². The van der Waals surface area contributed by atoms with Gasteiger partial charge < -0.3 is 10.7 Å². The van der Waals surface area contributed by atoms with E-state index < -0.39 is 5.91 Å². The van der Waals surface area contributed by atoms with Crippen LogP contribution in [0.15, 0.2) is 6.20 Å². The third kappa shape index (κ3) is 1.07. The second kappa shape index (κ2) is 1.89. The lowest BCUT2D eigenvalue weighted by atomic mass is 10.6. The van der Waals surface area contributed by atoms with Crippen LogP contribution in [0, 0.1) is 6.92 Å². The molecule has 1 heterocycles. The van der Waals surface area contributed by atoms with Crippen LogP contribution in [0.2, 0.25) is 0 Å². The highest BCUT2D eigenvalue weighted by atomic mass is 16.1. The maximum absolute atomic E-state index is 10.3. The molecule has 0 radical (unpaired) electrons. The summed E-state index contributed by atoms with van der Waals surface area (Å²) in [6.07, 6.45) is 1.56. The molecule has 0 aromatic carbocycles. The number of imidazole rings is 1. The Morgan fingerprint density at radius 1 is 1.89 bits per heavy atom. The number of aromatic nitrogens is 2. The van der Waals surface area contributed by atoms with E-state index in [9.17, 15) is 4.79 Å². The molecule has 1 amide bonds. The van der Waals surface area contributed by atoms with E-state index in [1.807, 2.05) is 0 Å². The summed E-state index contributed by atoms with van der Waals surface area (Å²) in [5.41, 5.74) is 5.73. The zero-order valence-electron chi connectivity index (χ0n) is 5.01. The molecule has 1 aromatic heterocycles. The molecule has 0 aliphatic carbocycles. The molecule has 1 aromatic rings. The second-order valence-corrected chi connectivity index (χ2v) is 1.78. The van der Waals surface area contributed by atoms with Crippen molar-refractivity contribution in [1.29, 1.82) is 0 Å². The number of aryl methyl sites for hydroxylation is 1. The normalized spacial score (nSPS) is 9.44. The molecule has 9 heavy (non-hydrogen) atoms. The summed E-state index contributed by atoms with van der Waals surface area (Å²) in [6.45, 7) is 1.80. The first-order valence-corrected chi connectivity index (χ1v) is 2.51. The Morgan fingerprint density at radius 3 is 2.78 bits per heavy atom. The number of rotatable bonds is 1. The number of hydrogen-bond acceptors (Lipinski definition) is 2. The first-order chi connectivity index (χ1) is 4.20. The van der Waals surface area contributed by atoms with Crippen LogP contribution in [0.3, 0.4) is 0 Å². The molecule has 0 fully saturated rings. The highest BCUT2D eigenvalue weighted by molar-refractivity contribution is 5.88. The summed E-state index contributed by atoms with van der Waals surface area (Å²) in [5.74, 6) is -0.310. The molecule has 3 N–H and O–H groups in total. The van der Waals surface area contributed by atoms with Gasteiger partial charge in [0.1, 0.15) is 0 Å². The van der Waals surface area contributed by atoms with Crippen LogP contribution in [0.25, 0.3) is 0 Å². The molecule has 1 rings (SSSR count). The minimum atomic E-state index is -0.525. The number of H-pyrrole nitrogens is 1. The van der Waals surface area contributed by atoms with Crippen molar-refractivity contribution < 1.29 is 4.79 Å². The molecule has 0 spiro atoms. The van der Waals surface area contributed by atoms with Gasteiger partial charge in [-0.3, -0.25) is 4.79 Å². The summed E-state index contributed by atoms with van der Waals surface area (Å²) in [7, 11) is 0. The number of amides is 1. The van der Waals surface area contributed by atoms with Crippen molar-refractivity contribution in [2.75, 3.05) is 0 Å². The third-order valence-electron chi connectivity index (χ3n) is 0.936. The van der Waals surface area contributed by atoms with Crippen molar-refractivity contribution in [3.05, 3.63) is 17.7 Å². The minimum absolute atomic E-state index is 0.215. The Labute approximate surface area is 52.1 Å². The summed E-state index contributed by atoms with van der Waals surface area (Å²) >= 11 is 0. The van der Waals surface area contributed by atoms with Gasteiger partial charge in [-0.05, 0) is 6.92 Å². The van der Waals surface area contributed by atoms with Crippen LogP contribution in [0.5, 0.6) is 0 Å². The lowest BCUT2D eigenvalue weighted by molar-refractivity contribution is 0.0991. The van der Waals surface area contributed by atoms with Gasteiger partial charge in [0, 0.05) is 11.9 Å². The van der Waals surface area contributed by atoms with Crippen molar-refractivity contribution in [2.45, 2.75) is 6.92 Å². The van der Waals surface area contributed by atoms with E-state index in [1.54, 1.807) is 13.1 Å². The monoisotopic (exact) mass is 125 g/mol. The van der Waals surface area contributed by atoms with E-state index >= 15 is 0 Å². The number of primary amides is 1. The van der Waals surface area contributed by atoms with E-state index in [4.69, 9.17) is 5.73 Å². The number of nitrogens with zero attached hydrogens (tertiary/aromatic N) is 1. The van der Waals surface area contributed by atoms with Crippen LogP contribution in [0.4, 0.5) is 0 Å². The Morgan fingerprint density at radius 2 is 2.56 bits per heavy atom. The van der Waals surface area contributed by atoms with Crippen molar-refractivity contribution in [3.63, 3.8) is 0 Å². The van der Waals surface area contributed by atoms with Crippen LogP contribution >= 0.6 is 0 Å². The fourth-order valence-corrected chi connectivity index (χ4v) is 0.538. The predicted molar refractivity (Wildman–Crippen MR) is 31.8 cm³/mol. The molecule has 0 aliphatic heterocycles. The Hall–Kier alpha value is -1.32. The molecule has 0 atom stereocenters. The van der Waals surface area contributed by atoms with Crippen molar-refractivity contribution in [1.82, 2.24) is 9.97 Å². The van der Waals surface area contributed by atoms with Gasteiger partial charge in [-0.25, -0.2) is 4.98 Å². The Kier molecular flexibility index (Phi) is 1.22. The van der Waals surface area contributed by atoms with Gasteiger partial charge in [0.15, 0.2) is 5.82 Å². The van der Waals surface area contributed by atoms with Crippen LogP contribution in [-0.4, -0.2) is 15.9 Å². The fraction of sp³-hybridized carbons (Fsp3) is 0.200. The molecule has 4 nitrogen and oxygen atoms in total. The van der Waals surface area contributed by atoms with E-state index in [-0.39, 0.29) is 5.82 Å². The van der Waals surface area contributed by atoms with Crippen LogP contribution < -0.4 is 5.73 Å². The summed E-state index contributed by atoms with van der Waals surface area (Å²) < 4.78 is 0. The van der Waals surface area contributed by atoms with Crippen LogP contribution in [-0.2, 0) is 0 Å². The van der Waals surface area contributed by atoms with Gasteiger partial charge in [-0.1, -0.05) is 0 Å². The third-order valence-corrected chi connectivity index (χ3v) is 0.936. The highest BCUT2D eigenvalue weighted by Gasteiger charge is 2.01. The smallest absolute Gasteiger partial charge is 0.284 e. The maximum atomic E-state index is 10.3. The van der Waals surface area contributed by atoms with E-state index in [0.717, 1.165) is 5.69 Å². The molecule has 4 heteroatoms. The average Bonchev–Trinajstić information content (AvgIpc) is 2.14. The van der Waals surface area contributed by atoms with E-state index in [2.05, 4.69) is 9.97 Å². The first-order valence-electron chi connectivity index (χ1n) is 2.51. The number of carbonyl (C=O) groups is 1. The van der Waals surface area contributed by atoms with Crippen LogP contribution in [0.1, 0.15) is 16.3 Å². The van der Waals surface area contributed by atoms with Gasteiger partial charge in [0.05, 0.1) is 0 Å². The largest absolute Gasteiger partial charge is 0.363 e. The number of hydrogen-bond donors (Lipinski definition) is 2. The zero-order valence-corrected chi connectivity index (χ0v) is 5.01. The first kappa shape index (κ1) is 5.81. The quantitative estimate of drug-likeness (QED) is 0.546. The highest BCUT2D eigenvalue weighted by Crippen LogP contribution is 1.91. The van der Waals surface area contributed by atoms with Gasteiger partial charge in [0.25, 0.3) is 5.91 Å². The Bertz CT molecular complexity index is 228. The van der Waals surface area contributed by atoms with Gasteiger partial charge in [0.2, 0.25) is 0 Å². The van der Waals surface area contributed by atoms with Gasteiger partial charge in [-0.2, -0.15) is 0 Å². The van der Waals surface area contributed by atoms with Gasteiger partial charge >= 0.3 is 0 Å². The number of nitrogens with two attached hydrogens (primary N) is 1.